The summed E-state index contributed by atoms with van der Waals surface area (Å²) in [6.07, 6.45) is 2.94. The summed E-state index contributed by atoms with van der Waals surface area (Å²) in [6.45, 7) is 2.04. The van der Waals surface area contributed by atoms with E-state index in [1.54, 1.807) is 6.20 Å². The van der Waals surface area contributed by atoms with E-state index < -0.39 is 0 Å². The van der Waals surface area contributed by atoms with Crippen LogP contribution in [0.3, 0.4) is 0 Å². The van der Waals surface area contributed by atoms with Crippen LogP contribution in [0.2, 0.25) is 0 Å². The average molecular weight is 290 g/mol. The molecule has 0 spiro atoms. The first-order valence-electron chi connectivity index (χ1n) is 7.41. The molecule has 0 atom stereocenters. The lowest BCUT2D eigenvalue weighted by Crippen LogP contribution is -2.12. The van der Waals surface area contributed by atoms with Crippen LogP contribution in [-0.2, 0) is 11.2 Å². The smallest absolute Gasteiger partial charge is 0.224 e. The number of hydrogen-bond acceptors (Lipinski definition) is 2. The van der Waals surface area contributed by atoms with Crippen molar-refractivity contribution in [2.75, 3.05) is 5.32 Å². The number of fused-ring (bicyclic) bond motifs is 1. The SMILES string of the molecule is Cc1ccc2nccc(NC(=O)CCc3ccccc3)c2c1. The van der Waals surface area contributed by atoms with E-state index >= 15 is 0 Å². The second-order valence-corrected chi connectivity index (χ2v) is 5.41. The highest BCUT2D eigenvalue weighted by molar-refractivity contribution is 6.01. The maximum absolute atomic E-state index is 12.2. The zero-order valence-electron chi connectivity index (χ0n) is 12.5. The van der Waals surface area contributed by atoms with E-state index in [2.05, 4.69) is 16.4 Å². The summed E-state index contributed by atoms with van der Waals surface area (Å²) in [5.74, 6) is 0.0258. The number of anilines is 1. The average Bonchev–Trinajstić information content (AvgIpc) is 2.54. The van der Waals surface area contributed by atoms with E-state index in [0.29, 0.717) is 6.42 Å². The number of rotatable bonds is 4. The van der Waals surface area contributed by atoms with Gasteiger partial charge < -0.3 is 5.32 Å². The van der Waals surface area contributed by atoms with Crippen LogP contribution in [0.1, 0.15) is 17.5 Å². The third-order valence-corrected chi connectivity index (χ3v) is 3.65. The van der Waals surface area contributed by atoms with E-state index in [4.69, 9.17) is 0 Å². The molecule has 1 heterocycles. The lowest BCUT2D eigenvalue weighted by molar-refractivity contribution is -0.116. The summed E-state index contributed by atoms with van der Waals surface area (Å²) in [5, 5.41) is 3.99. The number of benzene rings is 2. The molecule has 22 heavy (non-hydrogen) atoms. The number of nitrogens with one attached hydrogen (secondary N) is 1. The molecule has 0 unspecified atom stereocenters. The fourth-order valence-electron chi connectivity index (χ4n) is 2.48. The second-order valence-electron chi connectivity index (χ2n) is 5.41. The summed E-state index contributed by atoms with van der Waals surface area (Å²) in [4.78, 5) is 16.5. The highest BCUT2D eigenvalue weighted by Crippen LogP contribution is 2.22. The number of pyridine rings is 1. The Morgan fingerprint density at radius 3 is 2.73 bits per heavy atom. The number of aryl methyl sites for hydroxylation is 2. The minimum absolute atomic E-state index is 0.0258. The van der Waals surface area contributed by atoms with Crippen molar-refractivity contribution >= 4 is 22.5 Å². The van der Waals surface area contributed by atoms with Crippen molar-refractivity contribution in [2.24, 2.45) is 0 Å². The molecule has 1 amide bonds. The second kappa shape index (κ2) is 6.39. The fraction of sp³-hybridized carbons (Fsp3) is 0.158. The van der Waals surface area contributed by atoms with Crippen molar-refractivity contribution in [3.63, 3.8) is 0 Å². The Hall–Kier alpha value is -2.68. The van der Waals surface area contributed by atoms with Crippen molar-refractivity contribution in [3.05, 3.63) is 71.9 Å². The molecule has 110 valence electrons. The van der Waals surface area contributed by atoms with Crippen molar-refractivity contribution in [3.8, 4) is 0 Å². The number of aromatic nitrogens is 1. The van der Waals surface area contributed by atoms with Gasteiger partial charge >= 0.3 is 0 Å². The summed E-state index contributed by atoms with van der Waals surface area (Å²) < 4.78 is 0. The highest BCUT2D eigenvalue weighted by atomic mass is 16.1. The van der Waals surface area contributed by atoms with Gasteiger partial charge in [0.15, 0.2) is 0 Å². The number of carbonyl (C=O) groups is 1. The largest absolute Gasteiger partial charge is 0.325 e. The van der Waals surface area contributed by atoms with E-state index in [1.807, 2.05) is 55.5 Å². The van der Waals surface area contributed by atoms with Crippen LogP contribution in [0.25, 0.3) is 10.9 Å². The van der Waals surface area contributed by atoms with Gasteiger partial charge in [0.1, 0.15) is 0 Å². The molecule has 1 N–H and O–H groups in total. The fourth-order valence-corrected chi connectivity index (χ4v) is 2.48. The van der Waals surface area contributed by atoms with Crippen LogP contribution in [0.4, 0.5) is 5.69 Å². The van der Waals surface area contributed by atoms with Crippen LogP contribution in [0.5, 0.6) is 0 Å². The molecule has 0 radical (unpaired) electrons. The van der Waals surface area contributed by atoms with E-state index in [9.17, 15) is 4.79 Å². The van der Waals surface area contributed by atoms with Crippen LogP contribution >= 0.6 is 0 Å². The van der Waals surface area contributed by atoms with Crippen molar-refractivity contribution in [1.82, 2.24) is 4.98 Å². The van der Waals surface area contributed by atoms with Gasteiger partial charge in [0.05, 0.1) is 11.2 Å². The first-order chi connectivity index (χ1) is 10.7. The van der Waals surface area contributed by atoms with Crippen LogP contribution in [-0.4, -0.2) is 10.9 Å². The van der Waals surface area contributed by atoms with E-state index in [1.165, 1.54) is 5.56 Å². The third kappa shape index (κ3) is 3.31. The first-order valence-corrected chi connectivity index (χ1v) is 7.41. The van der Waals surface area contributed by atoms with Gasteiger partial charge in [-0.2, -0.15) is 0 Å². The first kappa shape index (κ1) is 14.3. The summed E-state index contributed by atoms with van der Waals surface area (Å²) in [7, 11) is 0. The summed E-state index contributed by atoms with van der Waals surface area (Å²) in [5.41, 5.74) is 4.05. The number of hydrogen-bond donors (Lipinski definition) is 1. The molecule has 0 saturated heterocycles. The Kier molecular flexibility index (Phi) is 4.15. The molecule has 0 fully saturated rings. The van der Waals surface area contributed by atoms with Crippen molar-refractivity contribution in [1.29, 1.82) is 0 Å². The minimum atomic E-state index is 0.0258. The minimum Gasteiger partial charge on any atom is -0.325 e. The molecule has 0 aliphatic carbocycles. The summed E-state index contributed by atoms with van der Waals surface area (Å²) in [6, 6.07) is 17.9. The Labute approximate surface area is 130 Å². The zero-order chi connectivity index (χ0) is 15.4. The molecule has 2 aromatic carbocycles. The van der Waals surface area contributed by atoms with Gasteiger partial charge in [0, 0.05) is 18.0 Å². The normalized spacial score (nSPS) is 10.6. The van der Waals surface area contributed by atoms with Crippen molar-refractivity contribution in [2.45, 2.75) is 19.8 Å². The topological polar surface area (TPSA) is 42.0 Å². The predicted molar refractivity (Wildman–Crippen MR) is 89.9 cm³/mol. The maximum Gasteiger partial charge on any atom is 0.224 e. The third-order valence-electron chi connectivity index (χ3n) is 3.65. The molecular formula is C19H18N2O. The zero-order valence-corrected chi connectivity index (χ0v) is 12.5. The monoisotopic (exact) mass is 290 g/mol. The molecule has 1 aromatic heterocycles. The van der Waals surface area contributed by atoms with Crippen LogP contribution in [0.15, 0.2) is 60.8 Å². The quantitative estimate of drug-likeness (QED) is 0.785. The van der Waals surface area contributed by atoms with Crippen molar-refractivity contribution < 1.29 is 4.79 Å². The lowest BCUT2D eigenvalue weighted by atomic mass is 10.1. The molecule has 0 aliphatic rings. The van der Waals surface area contributed by atoms with Gasteiger partial charge in [-0.15, -0.1) is 0 Å². The van der Waals surface area contributed by atoms with Gasteiger partial charge in [0.2, 0.25) is 5.91 Å². The predicted octanol–water partition coefficient (Wildman–Crippen LogP) is 4.11. The lowest BCUT2D eigenvalue weighted by Gasteiger charge is -2.09. The van der Waals surface area contributed by atoms with Crippen LogP contribution in [0, 0.1) is 6.92 Å². The molecule has 0 bridgehead atoms. The van der Waals surface area contributed by atoms with Gasteiger partial charge in [-0.05, 0) is 37.1 Å². The number of carbonyl (C=O) groups excluding carboxylic acids is 1. The maximum atomic E-state index is 12.2. The van der Waals surface area contributed by atoms with Gasteiger partial charge in [-0.3, -0.25) is 9.78 Å². The Balaban J connectivity index is 1.73. The van der Waals surface area contributed by atoms with Gasteiger partial charge in [-0.1, -0.05) is 42.0 Å². The Morgan fingerprint density at radius 2 is 1.91 bits per heavy atom. The molecule has 0 aliphatic heterocycles. The van der Waals surface area contributed by atoms with Gasteiger partial charge in [-0.25, -0.2) is 0 Å². The standard InChI is InChI=1S/C19H18N2O/c1-14-7-9-17-16(13-14)18(11-12-20-17)21-19(22)10-8-15-5-3-2-4-6-15/h2-7,9,11-13H,8,10H2,1H3,(H,20,21,22). The molecular weight excluding hydrogens is 272 g/mol. The molecule has 3 nitrogen and oxygen atoms in total. The van der Waals surface area contributed by atoms with Crippen LogP contribution < -0.4 is 5.32 Å². The van der Waals surface area contributed by atoms with Gasteiger partial charge in [0.25, 0.3) is 0 Å². The number of amides is 1. The summed E-state index contributed by atoms with van der Waals surface area (Å²) >= 11 is 0. The molecule has 3 aromatic rings. The highest BCUT2D eigenvalue weighted by Gasteiger charge is 2.07. The Bertz CT molecular complexity index is 797. The van der Waals surface area contributed by atoms with E-state index in [0.717, 1.165) is 28.6 Å². The Morgan fingerprint density at radius 1 is 1.09 bits per heavy atom. The molecule has 0 saturated carbocycles. The molecule has 3 heteroatoms. The van der Waals surface area contributed by atoms with E-state index in [-0.39, 0.29) is 5.91 Å². The molecule has 3 rings (SSSR count). The number of nitrogens with zero attached hydrogens (tertiary/aromatic N) is 1.